The molecule has 65 valence electrons. The maximum absolute atomic E-state index is 9.08. The summed E-state index contributed by atoms with van der Waals surface area (Å²) < 4.78 is 4.70. The molecule has 0 aromatic carbocycles. The fraction of sp³-hybridized carbons (Fsp3) is 0.833. The Bertz CT molecular complexity index is 128. The van der Waals surface area contributed by atoms with E-state index in [-0.39, 0.29) is 0 Å². The molecule has 1 radical (unpaired) electrons. The Labute approximate surface area is 63.8 Å². The van der Waals surface area contributed by atoms with Gasteiger partial charge in [-0.15, -0.1) is 0 Å². The van der Waals surface area contributed by atoms with Gasteiger partial charge in [-0.05, 0) is 0 Å². The van der Waals surface area contributed by atoms with Gasteiger partial charge >= 0.3 is 0 Å². The van der Waals surface area contributed by atoms with E-state index in [4.69, 9.17) is 25.2 Å². The molecule has 1 aliphatic rings. The van der Waals surface area contributed by atoms with E-state index in [1.165, 1.54) is 0 Å². The van der Waals surface area contributed by atoms with E-state index in [9.17, 15) is 0 Å². The summed E-state index contributed by atoms with van der Waals surface area (Å²) in [5, 5.41) is 35.4. The average Bonchev–Trinajstić information content (AvgIpc) is 2.32. The van der Waals surface area contributed by atoms with Crippen LogP contribution in [0.1, 0.15) is 0 Å². The lowest BCUT2D eigenvalue weighted by atomic mass is 10.1. The van der Waals surface area contributed by atoms with Crippen molar-refractivity contribution in [1.29, 1.82) is 0 Å². The predicted molar refractivity (Wildman–Crippen MR) is 34.3 cm³/mol. The van der Waals surface area contributed by atoms with Crippen molar-refractivity contribution in [3.63, 3.8) is 0 Å². The number of aliphatic hydroxyl groups excluding tert-OH is 4. The highest BCUT2D eigenvalue weighted by Crippen LogP contribution is 2.20. The molecule has 1 rings (SSSR count). The van der Waals surface area contributed by atoms with E-state index >= 15 is 0 Å². The Balaban J connectivity index is 2.47. The van der Waals surface area contributed by atoms with Crippen LogP contribution in [-0.4, -0.2) is 51.4 Å². The van der Waals surface area contributed by atoms with Crippen molar-refractivity contribution in [3.8, 4) is 0 Å². The van der Waals surface area contributed by atoms with Gasteiger partial charge in [0.25, 0.3) is 0 Å². The van der Waals surface area contributed by atoms with Crippen LogP contribution in [0.15, 0.2) is 0 Å². The fourth-order valence-electron chi connectivity index (χ4n) is 0.949. The van der Waals surface area contributed by atoms with Crippen molar-refractivity contribution in [1.82, 2.24) is 0 Å². The lowest BCUT2D eigenvalue weighted by Crippen LogP contribution is -2.40. The second-order valence-corrected chi connectivity index (χ2v) is 2.47. The number of hydrogen-bond acceptors (Lipinski definition) is 5. The van der Waals surface area contributed by atoms with E-state index in [1.54, 1.807) is 0 Å². The predicted octanol–water partition coefficient (Wildman–Crippen LogP) is -2.38. The lowest BCUT2D eigenvalue weighted by Gasteiger charge is -2.18. The first-order chi connectivity index (χ1) is 5.16. The van der Waals surface area contributed by atoms with Gasteiger partial charge in [0.1, 0.15) is 31.0 Å². The van der Waals surface area contributed by atoms with Gasteiger partial charge in [-0.3, -0.25) is 0 Å². The zero-order valence-corrected chi connectivity index (χ0v) is 5.79. The van der Waals surface area contributed by atoms with Gasteiger partial charge in [0.15, 0.2) is 0 Å². The van der Waals surface area contributed by atoms with Crippen LogP contribution < -0.4 is 0 Å². The molecule has 5 heteroatoms. The molecule has 1 aliphatic heterocycles. The van der Waals surface area contributed by atoms with Gasteiger partial charge in [-0.25, -0.2) is 0 Å². The highest BCUT2D eigenvalue weighted by Gasteiger charge is 2.39. The van der Waals surface area contributed by atoms with Crippen molar-refractivity contribution in [2.75, 3.05) is 6.61 Å². The minimum atomic E-state index is -1.16. The van der Waals surface area contributed by atoms with Crippen LogP contribution in [0.4, 0.5) is 0 Å². The smallest absolute Gasteiger partial charge is 0.115 e. The number of rotatable bonds is 2. The van der Waals surface area contributed by atoms with Gasteiger partial charge in [0, 0.05) is 0 Å². The molecule has 5 nitrogen and oxygen atoms in total. The summed E-state index contributed by atoms with van der Waals surface area (Å²) in [6, 6.07) is 0. The van der Waals surface area contributed by atoms with Gasteiger partial charge in [0.2, 0.25) is 0 Å². The number of ether oxygens (including phenoxy) is 1. The molecule has 1 saturated heterocycles. The molecular weight excluding hydrogens is 152 g/mol. The Morgan fingerprint density at radius 1 is 1.45 bits per heavy atom. The summed E-state index contributed by atoms with van der Waals surface area (Å²) in [5.74, 6) is 0. The van der Waals surface area contributed by atoms with Crippen LogP contribution in [0.5, 0.6) is 0 Å². The molecule has 1 heterocycles. The topological polar surface area (TPSA) is 90.2 Å². The van der Waals surface area contributed by atoms with Crippen LogP contribution in [0, 0.1) is 6.61 Å². The SMILES string of the molecule is OC[C@@H](O)[C@@H]1O[CH][C@H](O)[C@H]1O. The standard InChI is InChI=1S/C6H11O5/c7-1-3(8)6-5(10)4(9)2-11-6/h2-10H,1H2/t3-,4+,5-,6+/m1/s1. The molecule has 0 aliphatic carbocycles. The molecule has 0 aromatic heterocycles. The third kappa shape index (κ3) is 1.69. The highest BCUT2D eigenvalue weighted by molar-refractivity contribution is 4.93. The minimum absolute atomic E-state index is 0.498. The van der Waals surface area contributed by atoms with Crippen LogP contribution >= 0.6 is 0 Å². The van der Waals surface area contributed by atoms with E-state index in [0.29, 0.717) is 0 Å². The van der Waals surface area contributed by atoms with Crippen molar-refractivity contribution < 1.29 is 25.2 Å². The van der Waals surface area contributed by atoms with Crippen molar-refractivity contribution >= 4 is 0 Å². The van der Waals surface area contributed by atoms with Crippen molar-refractivity contribution in [3.05, 3.63) is 6.61 Å². The second kappa shape index (κ2) is 3.46. The average molecular weight is 163 g/mol. The van der Waals surface area contributed by atoms with E-state index in [0.717, 1.165) is 6.61 Å². The van der Waals surface area contributed by atoms with E-state index in [2.05, 4.69) is 0 Å². The second-order valence-electron chi connectivity index (χ2n) is 2.47. The maximum Gasteiger partial charge on any atom is 0.115 e. The Kier molecular flexibility index (Phi) is 2.80. The monoisotopic (exact) mass is 163 g/mol. The lowest BCUT2D eigenvalue weighted by molar-refractivity contribution is -0.0636. The van der Waals surface area contributed by atoms with Crippen LogP contribution in [0.25, 0.3) is 0 Å². The number of aliphatic hydroxyl groups is 4. The van der Waals surface area contributed by atoms with Crippen LogP contribution in [0.2, 0.25) is 0 Å². The molecule has 4 N–H and O–H groups in total. The Hall–Kier alpha value is -0.200. The van der Waals surface area contributed by atoms with Crippen molar-refractivity contribution in [2.24, 2.45) is 0 Å². The molecule has 0 amide bonds. The Morgan fingerprint density at radius 3 is 2.45 bits per heavy atom. The van der Waals surface area contributed by atoms with E-state index < -0.39 is 31.0 Å². The van der Waals surface area contributed by atoms with Gasteiger partial charge < -0.3 is 25.2 Å². The molecule has 1 fully saturated rings. The first-order valence-electron chi connectivity index (χ1n) is 3.30. The third-order valence-corrected chi connectivity index (χ3v) is 1.63. The molecule has 0 aromatic rings. The largest absolute Gasteiger partial charge is 0.394 e. The summed E-state index contributed by atoms with van der Waals surface area (Å²) in [6.07, 6.45) is -4.31. The first-order valence-corrected chi connectivity index (χ1v) is 3.30. The zero-order valence-electron chi connectivity index (χ0n) is 5.79. The third-order valence-electron chi connectivity index (χ3n) is 1.63. The molecular formula is C6H11O5. The summed E-state index contributed by atoms with van der Waals surface area (Å²) in [5.41, 5.74) is 0. The van der Waals surface area contributed by atoms with Gasteiger partial charge in [-0.1, -0.05) is 0 Å². The zero-order chi connectivity index (χ0) is 8.43. The van der Waals surface area contributed by atoms with Crippen LogP contribution in [-0.2, 0) is 4.74 Å². The quantitative estimate of drug-likeness (QED) is 0.365. The van der Waals surface area contributed by atoms with E-state index in [1.807, 2.05) is 0 Å². The fourth-order valence-corrected chi connectivity index (χ4v) is 0.949. The highest BCUT2D eigenvalue weighted by atomic mass is 16.5. The van der Waals surface area contributed by atoms with Crippen molar-refractivity contribution in [2.45, 2.75) is 24.4 Å². The maximum atomic E-state index is 9.08. The Morgan fingerprint density at radius 2 is 2.09 bits per heavy atom. The molecule has 0 bridgehead atoms. The summed E-state index contributed by atoms with van der Waals surface area (Å²) in [6.45, 7) is 0.538. The molecule has 11 heavy (non-hydrogen) atoms. The summed E-state index contributed by atoms with van der Waals surface area (Å²) >= 11 is 0. The molecule has 0 spiro atoms. The molecule has 0 saturated carbocycles. The first kappa shape index (κ1) is 8.89. The molecule has 4 atom stereocenters. The van der Waals surface area contributed by atoms with Gasteiger partial charge in [0.05, 0.1) is 6.61 Å². The number of hydrogen-bond donors (Lipinski definition) is 4. The van der Waals surface area contributed by atoms with Crippen LogP contribution in [0.3, 0.4) is 0 Å². The summed E-state index contributed by atoms with van der Waals surface area (Å²) in [7, 11) is 0. The normalized spacial score (nSPS) is 40.9. The summed E-state index contributed by atoms with van der Waals surface area (Å²) in [4.78, 5) is 0. The van der Waals surface area contributed by atoms with Gasteiger partial charge in [-0.2, -0.15) is 0 Å². The molecule has 0 unspecified atom stereocenters. The minimum Gasteiger partial charge on any atom is -0.394 e.